The fourth-order valence-corrected chi connectivity index (χ4v) is 1.43. The molecule has 1 heterocycles. The minimum atomic E-state index is -0.115. The highest BCUT2D eigenvalue weighted by Crippen LogP contribution is 2.20. The molecule has 0 bridgehead atoms. The van der Waals surface area contributed by atoms with Gasteiger partial charge >= 0.3 is 0 Å². The highest BCUT2D eigenvalue weighted by atomic mass is 32.2. The van der Waals surface area contributed by atoms with Gasteiger partial charge in [0.1, 0.15) is 6.10 Å². The van der Waals surface area contributed by atoms with Crippen molar-refractivity contribution < 1.29 is 14.6 Å². The third kappa shape index (κ3) is 12.7. The Balaban J connectivity index is 0. The molecule has 0 spiro atoms. The fraction of sp³-hybridized carbons (Fsp3) is 1.00. The van der Waals surface area contributed by atoms with Crippen LogP contribution in [0.2, 0.25) is 0 Å². The number of thioether (sulfide) groups is 1. The van der Waals surface area contributed by atoms with Crippen LogP contribution in [0, 0.1) is 11.8 Å². The maximum Gasteiger partial charge on any atom is 0.107 e. The van der Waals surface area contributed by atoms with Crippen LogP contribution in [-0.4, -0.2) is 50.1 Å². The molecule has 1 N–H and O–H groups in total. The predicted molar refractivity (Wildman–Crippen MR) is 81.4 cm³/mol. The van der Waals surface area contributed by atoms with Gasteiger partial charge in [-0.2, -0.15) is 11.8 Å². The minimum absolute atomic E-state index is 0.0607. The van der Waals surface area contributed by atoms with Crippen molar-refractivity contribution >= 4 is 11.8 Å². The maximum absolute atomic E-state index is 8.87. The Morgan fingerprint density at radius 2 is 1.78 bits per heavy atom. The summed E-state index contributed by atoms with van der Waals surface area (Å²) in [5, 5.41) is 8.87. The average molecular weight is 280 g/mol. The number of aliphatic hydroxyl groups excluding tert-OH is 1. The molecule has 0 aromatic heterocycles. The van der Waals surface area contributed by atoms with E-state index in [0.717, 1.165) is 18.9 Å². The zero-order chi connectivity index (χ0) is 14.6. The van der Waals surface area contributed by atoms with Crippen molar-refractivity contribution in [3.8, 4) is 0 Å². The Morgan fingerprint density at radius 3 is 2.11 bits per heavy atom. The van der Waals surface area contributed by atoms with Gasteiger partial charge in [0.15, 0.2) is 0 Å². The summed E-state index contributed by atoms with van der Waals surface area (Å²) < 4.78 is 10.5. The zero-order valence-electron chi connectivity index (χ0n) is 13.1. The van der Waals surface area contributed by atoms with Crippen LogP contribution in [0.4, 0.5) is 0 Å². The highest BCUT2D eigenvalue weighted by Gasteiger charge is 2.28. The van der Waals surface area contributed by atoms with Crippen molar-refractivity contribution in [3.05, 3.63) is 0 Å². The van der Waals surface area contributed by atoms with Gasteiger partial charge in [-0.15, -0.1) is 0 Å². The molecule has 0 aromatic rings. The predicted octanol–water partition coefficient (Wildman–Crippen LogP) is 3.06. The quantitative estimate of drug-likeness (QED) is 0.844. The molecule has 3 nitrogen and oxygen atoms in total. The number of hydrogen-bond donors (Lipinski definition) is 1. The first-order valence-corrected chi connectivity index (χ1v) is 8.21. The van der Waals surface area contributed by atoms with Crippen molar-refractivity contribution in [2.45, 2.75) is 46.3 Å². The Kier molecular flexibility index (Phi) is 15.6. The first-order valence-electron chi connectivity index (χ1n) is 6.58. The lowest BCUT2D eigenvalue weighted by atomic mass is 9.98. The van der Waals surface area contributed by atoms with Crippen molar-refractivity contribution in [3.63, 3.8) is 0 Å². The molecule has 0 aromatic carbocycles. The number of methoxy groups -OCH3 is 1. The molecule has 18 heavy (non-hydrogen) atoms. The van der Waals surface area contributed by atoms with Crippen LogP contribution in [0.25, 0.3) is 0 Å². The van der Waals surface area contributed by atoms with E-state index in [9.17, 15) is 0 Å². The number of rotatable bonds is 2. The smallest absolute Gasteiger partial charge is 0.107 e. The second-order valence-corrected chi connectivity index (χ2v) is 6.13. The van der Waals surface area contributed by atoms with Crippen LogP contribution >= 0.6 is 11.8 Å². The topological polar surface area (TPSA) is 38.7 Å². The van der Waals surface area contributed by atoms with Crippen molar-refractivity contribution in [2.75, 3.05) is 32.8 Å². The SMILES string of the molecule is CC(C)C.CO[C@H]1CC(C)CO[C@@H]1CO.CSC. The summed E-state index contributed by atoms with van der Waals surface area (Å²) in [6, 6.07) is 0. The van der Waals surface area contributed by atoms with E-state index in [1.807, 2.05) is 12.5 Å². The fourth-order valence-electron chi connectivity index (χ4n) is 1.43. The summed E-state index contributed by atoms with van der Waals surface area (Å²) in [6.45, 7) is 9.43. The summed E-state index contributed by atoms with van der Waals surface area (Å²) in [6.07, 6.45) is 5.03. The molecule has 1 unspecified atom stereocenters. The van der Waals surface area contributed by atoms with Crippen LogP contribution in [0.15, 0.2) is 0 Å². The first kappa shape index (κ1) is 20.5. The molecule has 112 valence electrons. The van der Waals surface area contributed by atoms with Gasteiger partial charge in [-0.1, -0.05) is 27.7 Å². The molecule has 4 heteroatoms. The summed E-state index contributed by atoms with van der Waals surface area (Å²) in [7, 11) is 1.66. The summed E-state index contributed by atoms with van der Waals surface area (Å²) >= 11 is 1.75. The largest absolute Gasteiger partial charge is 0.394 e. The van der Waals surface area contributed by atoms with Gasteiger partial charge in [-0.05, 0) is 30.8 Å². The third-order valence-corrected chi connectivity index (χ3v) is 2.13. The lowest BCUT2D eigenvalue weighted by Gasteiger charge is -2.32. The lowest BCUT2D eigenvalue weighted by molar-refractivity contribution is -0.126. The van der Waals surface area contributed by atoms with E-state index in [1.165, 1.54) is 0 Å². The van der Waals surface area contributed by atoms with Crippen LogP contribution in [0.3, 0.4) is 0 Å². The van der Waals surface area contributed by atoms with E-state index in [2.05, 4.69) is 27.7 Å². The van der Waals surface area contributed by atoms with Crippen molar-refractivity contribution in [1.82, 2.24) is 0 Å². The van der Waals surface area contributed by atoms with Crippen LogP contribution in [0.1, 0.15) is 34.1 Å². The summed E-state index contributed by atoms with van der Waals surface area (Å²) in [5.41, 5.74) is 0. The molecule has 1 aliphatic heterocycles. The Morgan fingerprint density at radius 1 is 1.33 bits per heavy atom. The second-order valence-electron chi connectivity index (χ2n) is 5.31. The number of ether oxygens (including phenoxy) is 2. The molecule has 1 fully saturated rings. The molecular formula is C14H32O3S. The molecule has 0 radical (unpaired) electrons. The molecular weight excluding hydrogens is 248 g/mol. The monoisotopic (exact) mass is 280 g/mol. The van der Waals surface area contributed by atoms with Gasteiger partial charge in [0.25, 0.3) is 0 Å². The molecule has 0 aliphatic carbocycles. The third-order valence-electron chi connectivity index (χ3n) is 2.13. The van der Waals surface area contributed by atoms with E-state index in [4.69, 9.17) is 14.6 Å². The Hall–Kier alpha value is 0.230. The molecule has 0 saturated carbocycles. The summed E-state index contributed by atoms with van der Waals surface area (Å²) in [4.78, 5) is 0. The maximum atomic E-state index is 8.87. The van der Waals surface area contributed by atoms with Crippen LogP contribution < -0.4 is 0 Å². The molecule has 1 saturated heterocycles. The molecule has 1 rings (SSSR count). The van der Waals surface area contributed by atoms with Crippen molar-refractivity contribution in [1.29, 1.82) is 0 Å². The Labute approximate surface area is 118 Å². The van der Waals surface area contributed by atoms with E-state index >= 15 is 0 Å². The number of hydrogen-bond acceptors (Lipinski definition) is 4. The first-order chi connectivity index (χ1) is 8.42. The van der Waals surface area contributed by atoms with Gasteiger partial charge < -0.3 is 14.6 Å². The van der Waals surface area contributed by atoms with Crippen LogP contribution in [-0.2, 0) is 9.47 Å². The Bertz CT molecular complexity index is 162. The summed E-state index contributed by atoms with van der Waals surface area (Å²) in [5.74, 6) is 1.38. The standard InChI is InChI=1S/C8H16O3.C4H10.C2H6S/c1-6-3-7(10-2)8(4-9)11-5-6;1-4(2)3;1-3-2/h6-9H,3-5H2,1-2H3;4H,1-3H3;1-2H3/t6?,7-,8+;;/m0../s1. The zero-order valence-corrected chi connectivity index (χ0v) is 13.9. The highest BCUT2D eigenvalue weighted by molar-refractivity contribution is 7.97. The van der Waals surface area contributed by atoms with Gasteiger partial charge in [-0.25, -0.2) is 0 Å². The van der Waals surface area contributed by atoms with E-state index in [-0.39, 0.29) is 18.8 Å². The van der Waals surface area contributed by atoms with E-state index in [1.54, 1.807) is 18.9 Å². The van der Waals surface area contributed by atoms with Crippen molar-refractivity contribution in [2.24, 2.45) is 11.8 Å². The van der Waals surface area contributed by atoms with Gasteiger partial charge in [-0.3, -0.25) is 0 Å². The second kappa shape index (κ2) is 13.7. The van der Waals surface area contributed by atoms with E-state index < -0.39 is 0 Å². The lowest BCUT2D eigenvalue weighted by Crippen LogP contribution is -2.41. The average Bonchev–Trinajstić information content (AvgIpc) is 2.29. The molecule has 3 atom stereocenters. The number of aliphatic hydroxyl groups is 1. The van der Waals surface area contributed by atoms with E-state index in [0.29, 0.717) is 5.92 Å². The van der Waals surface area contributed by atoms with Gasteiger partial charge in [0.05, 0.1) is 12.7 Å². The molecule has 0 amide bonds. The normalized spacial score (nSPS) is 26.8. The van der Waals surface area contributed by atoms with Crippen LogP contribution in [0.5, 0.6) is 0 Å². The molecule has 1 aliphatic rings. The van der Waals surface area contributed by atoms with Gasteiger partial charge in [0, 0.05) is 13.7 Å². The minimum Gasteiger partial charge on any atom is -0.394 e. The van der Waals surface area contributed by atoms with Gasteiger partial charge in [0.2, 0.25) is 0 Å².